The summed E-state index contributed by atoms with van der Waals surface area (Å²) in [4.78, 5) is 41.8. The molecule has 0 aliphatic carbocycles. The molecule has 2 unspecified atom stereocenters. The maximum Gasteiger partial charge on any atom is 0.308 e. The minimum absolute atomic E-state index is 0.0209. The average Bonchev–Trinajstić information content (AvgIpc) is 2.90. The van der Waals surface area contributed by atoms with Crippen molar-refractivity contribution >= 4 is 17.8 Å². The second-order valence-corrected chi connectivity index (χ2v) is 6.16. The number of hydrazine groups is 1. The van der Waals surface area contributed by atoms with Gasteiger partial charge in [0.15, 0.2) is 0 Å². The molecule has 3 rings (SSSR count). The number of carboxylic acids is 1. The molecule has 2 atom stereocenters. The normalized spacial score (nSPS) is 21.6. The molecule has 2 heterocycles. The van der Waals surface area contributed by atoms with Crippen LogP contribution in [0.3, 0.4) is 0 Å². The monoisotopic (exact) mass is 362 g/mol. The highest BCUT2D eigenvalue weighted by Crippen LogP contribution is 2.25. The molecule has 1 aromatic carbocycles. The fraction of sp³-hybridized carbons (Fsp3) is 0.438. The Labute approximate surface area is 148 Å². The number of carboxylic acid groups (broad SMARTS) is 1. The van der Waals surface area contributed by atoms with Crippen molar-refractivity contribution in [2.24, 2.45) is 11.2 Å². The lowest BCUT2D eigenvalue weighted by atomic mass is 10.00. The van der Waals surface area contributed by atoms with Gasteiger partial charge in [-0.3, -0.25) is 14.4 Å². The van der Waals surface area contributed by atoms with E-state index in [4.69, 9.17) is 9.94 Å². The van der Waals surface area contributed by atoms with Crippen LogP contribution in [-0.4, -0.2) is 57.1 Å². The van der Waals surface area contributed by atoms with E-state index in [9.17, 15) is 19.6 Å². The number of nitrogens with zero attached hydrogens (tertiary/aromatic N) is 4. The molecule has 26 heavy (non-hydrogen) atoms. The predicted octanol–water partition coefficient (Wildman–Crippen LogP) is 1.23. The average molecular weight is 362 g/mol. The van der Waals surface area contributed by atoms with E-state index in [2.05, 4.69) is 5.28 Å². The van der Waals surface area contributed by atoms with Crippen LogP contribution in [0.15, 0.2) is 29.5 Å². The lowest BCUT2D eigenvalue weighted by Crippen LogP contribution is -2.43. The fourth-order valence-corrected chi connectivity index (χ4v) is 3.06. The zero-order valence-corrected chi connectivity index (χ0v) is 14.1. The Morgan fingerprint density at radius 3 is 2.54 bits per heavy atom. The van der Waals surface area contributed by atoms with Crippen LogP contribution in [0, 0.1) is 11.1 Å². The number of piperidine rings is 1. The van der Waals surface area contributed by atoms with E-state index >= 15 is 0 Å². The Kier molecular flexibility index (Phi) is 4.74. The molecule has 0 aromatic heterocycles. The minimum Gasteiger partial charge on any atom is -0.569 e. The van der Waals surface area contributed by atoms with Crippen molar-refractivity contribution in [3.63, 3.8) is 0 Å². The van der Waals surface area contributed by atoms with E-state index < -0.39 is 29.9 Å². The highest BCUT2D eigenvalue weighted by Gasteiger charge is 2.40. The molecule has 1 N–H and O–H groups in total. The third kappa shape index (κ3) is 3.17. The Bertz CT molecular complexity index is 745. The van der Waals surface area contributed by atoms with Crippen molar-refractivity contribution in [2.45, 2.75) is 26.0 Å². The number of rotatable bonds is 5. The maximum absolute atomic E-state index is 12.3. The third-order valence-corrected chi connectivity index (χ3v) is 4.45. The highest BCUT2D eigenvalue weighted by atomic mass is 16.7. The second-order valence-electron chi connectivity index (χ2n) is 6.16. The van der Waals surface area contributed by atoms with Crippen LogP contribution in [0.25, 0.3) is 0 Å². The first-order chi connectivity index (χ1) is 12.4. The lowest BCUT2D eigenvalue weighted by Gasteiger charge is -2.26. The van der Waals surface area contributed by atoms with Gasteiger partial charge in [0, 0.05) is 0 Å². The molecule has 0 bridgehead atoms. The topological polar surface area (TPSA) is 126 Å². The number of benzene rings is 1. The lowest BCUT2D eigenvalue weighted by molar-refractivity contribution is -0.715. The number of aliphatic carboxylic acids is 1. The van der Waals surface area contributed by atoms with Gasteiger partial charge in [-0.25, -0.2) is 4.90 Å². The molecular weight excluding hydrogens is 344 g/mol. The maximum atomic E-state index is 12.3. The number of imide groups is 1. The van der Waals surface area contributed by atoms with Gasteiger partial charge >= 0.3 is 5.97 Å². The molecule has 10 nitrogen and oxygen atoms in total. The molecule has 10 heteroatoms. The first kappa shape index (κ1) is 17.6. The van der Waals surface area contributed by atoms with Crippen LogP contribution in [-0.2, 0) is 9.63 Å². The summed E-state index contributed by atoms with van der Waals surface area (Å²) in [5, 5.41) is 25.7. The van der Waals surface area contributed by atoms with Gasteiger partial charge in [0.2, 0.25) is 11.5 Å². The number of fused-ring (bicyclic) bond motifs is 1. The van der Waals surface area contributed by atoms with Crippen LogP contribution in [0.5, 0.6) is 0 Å². The Morgan fingerprint density at radius 1 is 1.35 bits per heavy atom. The summed E-state index contributed by atoms with van der Waals surface area (Å²) in [5.41, 5.74) is 0.541. The van der Waals surface area contributed by atoms with Crippen molar-refractivity contribution < 1.29 is 29.3 Å². The molecule has 0 saturated carbocycles. The largest absolute Gasteiger partial charge is 0.569 e. The summed E-state index contributed by atoms with van der Waals surface area (Å²) in [6, 6.07) is 6.38. The van der Waals surface area contributed by atoms with Gasteiger partial charge < -0.3 is 15.2 Å². The van der Waals surface area contributed by atoms with E-state index in [1.807, 2.05) is 0 Å². The second kappa shape index (κ2) is 6.98. The quantitative estimate of drug-likeness (QED) is 0.361. The smallest absolute Gasteiger partial charge is 0.308 e. The van der Waals surface area contributed by atoms with E-state index in [1.54, 1.807) is 24.3 Å². The van der Waals surface area contributed by atoms with Crippen LogP contribution >= 0.6 is 0 Å². The summed E-state index contributed by atoms with van der Waals surface area (Å²) in [6.45, 7) is 1.80. The zero-order valence-electron chi connectivity index (χ0n) is 14.1. The van der Waals surface area contributed by atoms with Gasteiger partial charge in [0.1, 0.15) is 0 Å². The van der Waals surface area contributed by atoms with Crippen LogP contribution in [0.2, 0.25) is 0 Å². The predicted molar refractivity (Wildman–Crippen MR) is 85.5 cm³/mol. The summed E-state index contributed by atoms with van der Waals surface area (Å²) in [6.07, 6.45) is -0.0514. The number of carbonyl (C=O) groups excluding carboxylic acids is 2. The molecule has 0 radical (unpaired) electrons. The molecule has 1 saturated heterocycles. The highest BCUT2D eigenvalue weighted by molar-refractivity contribution is 6.21. The van der Waals surface area contributed by atoms with E-state index in [-0.39, 0.29) is 22.6 Å². The van der Waals surface area contributed by atoms with Crippen LogP contribution in [0.4, 0.5) is 0 Å². The van der Waals surface area contributed by atoms with E-state index in [1.165, 1.54) is 11.9 Å². The first-order valence-electron chi connectivity index (χ1n) is 8.18. The first-order valence-corrected chi connectivity index (χ1v) is 8.18. The summed E-state index contributed by atoms with van der Waals surface area (Å²) in [7, 11) is 0. The standard InChI is InChI=1S/C16H18N4O6/c1-10(19-14(21)12-6-2-3-7-13(12)15(19)22)26-17-20(25)18-8-4-5-11(9-18)16(23)24/h2-3,6-7,10-11H,4-5,8-9H2,1H3,(H,23,24)/b20-17-. The van der Waals surface area contributed by atoms with Crippen molar-refractivity contribution in [2.75, 3.05) is 13.1 Å². The Balaban J connectivity index is 1.66. The number of amides is 2. The SMILES string of the molecule is CC(O/N=[N+](\[O-])N1CCCC(C(=O)O)C1)N1C(=O)c2ccccc2C1=O. The molecule has 2 aliphatic rings. The van der Waals surface area contributed by atoms with E-state index in [0.29, 0.717) is 19.4 Å². The molecule has 2 amide bonds. The summed E-state index contributed by atoms with van der Waals surface area (Å²) >= 11 is 0. The number of hydrogen-bond donors (Lipinski definition) is 1. The van der Waals surface area contributed by atoms with Gasteiger partial charge in [0.05, 0.1) is 35.1 Å². The molecule has 2 aliphatic heterocycles. The van der Waals surface area contributed by atoms with Gasteiger partial charge in [0.25, 0.3) is 11.8 Å². The number of hydrogen-bond acceptors (Lipinski definition) is 6. The molecule has 138 valence electrons. The molecular formula is C16H18N4O6. The van der Waals surface area contributed by atoms with Gasteiger partial charge in [-0.15, -0.1) is 5.01 Å². The van der Waals surface area contributed by atoms with Crippen LogP contribution < -0.4 is 0 Å². The summed E-state index contributed by atoms with van der Waals surface area (Å²) < 4.78 is 0. The van der Waals surface area contributed by atoms with Gasteiger partial charge in [-0.1, -0.05) is 12.1 Å². The van der Waals surface area contributed by atoms with Crippen molar-refractivity contribution in [1.29, 1.82) is 0 Å². The van der Waals surface area contributed by atoms with Gasteiger partial charge in [-0.2, -0.15) is 0 Å². The summed E-state index contributed by atoms with van der Waals surface area (Å²) in [5.74, 6) is -2.66. The molecule has 1 aromatic rings. The van der Waals surface area contributed by atoms with Gasteiger partial charge in [-0.05, 0) is 31.9 Å². The Hall–Kier alpha value is -3.17. The Morgan fingerprint density at radius 2 is 1.96 bits per heavy atom. The fourth-order valence-electron chi connectivity index (χ4n) is 3.06. The minimum atomic E-state index is -1.08. The molecule has 1 fully saturated rings. The van der Waals surface area contributed by atoms with Crippen molar-refractivity contribution in [3.05, 3.63) is 40.6 Å². The third-order valence-electron chi connectivity index (χ3n) is 4.45. The van der Waals surface area contributed by atoms with Crippen molar-refractivity contribution in [3.8, 4) is 0 Å². The van der Waals surface area contributed by atoms with E-state index in [0.717, 1.165) is 4.90 Å². The van der Waals surface area contributed by atoms with Crippen molar-refractivity contribution in [1.82, 2.24) is 9.91 Å². The van der Waals surface area contributed by atoms with Crippen LogP contribution in [0.1, 0.15) is 40.5 Å². The number of carbonyl (C=O) groups is 3. The zero-order chi connectivity index (χ0) is 18.8. The molecule has 0 spiro atoms.